The van der Waals surface area contributed by atoms with E-state index < -0.39 is 0 Å². The molecular weight excluding hydrogens is 270 g/mol. The fourth-order valence-electron chi connectivity index (χ4n) is 1.40. The van der Waals surface area contributed by atoms with E-state index in [1.54, 1.807) is 25.3 Å². The van der Waals surface area contributed by atoms with Crippen LogP contribution < -0.4 is 10.1 Å². The molecule has 19 heavy (non-hydrogen) atoms. The zero-order chi connectivity index (χ0) is 14.1. The molecular formula is C13H16ClNO4. The van der Waals surface area contributed by atoms with Gasteiger partial charge < -0.3 is 14.8 Å². The number of halogens is 1. The van der Waals surface area contributed by atoms with Crippen molar-refractivity contribution < 1.29 is 19.1 Å². The molecule has 1 aromatic rings. The fraction of sp³-hybridized carbons (Fsp3) is 0.385. The first kappa shape index (κ1) is 15.5. The monoisotopic (exact) mass is 285 g/mol. The summed E-state index contributed by atoms with van der Waals surface area (Å²) in [6.07, 6.45) is 1.37. The van der Waals surface area contributed by atoms with Crippen LogP contribution in [0, 0.1) is 0 Å². The summed E-state index contributed by atoms with van der Waals surface area (Å²) in [5, 5.41) is 2.97. The molecule has 0 heterocycles. The molecule has 0 atom stereocenters. The minimum Gasteiger partial charge on any atom is -0.481 e. The summed E-state index contributed by atoms with van der Waals surface area (Å²) in [6.45, 7) is 0.914. The van der Waals surface area contributed by atoms with Crippen LogP contribution in [0.2, 0.25) is 5.02 Å². The minimum atomic E-state index is -0.270. The van der Waals surface area contributed by atoms with E-state index in [0.717, 1.165) is 6.42 Å². The number of benzene rings is 1. The van der Waals surface area contributed by atoms with Crippen LogP contribution in [0.1, 0.15) is 16.8 Å². The number of aldehydes is 1. The van der Waals surface area contributed by atoms with Crippen LogP contribution in [0.4, 0.5) is 0 Å². The van der Waals surface area contributed by atoms with E-state index in [4.69, 9.17) is 21.1 Å². The Kier molecular flexibility index (Phi) is 6.92. The van der Waals surface area contributed by atoms with Gasteiger partial charge in [-0.2, -0.15) is 0 Å². The van der Waals surface area contributed by atoms with E-state index in [1.165, 1.54) is 0 Å². The van der Waals surface area contributed by atoms with Crippen molar-refractivity contribution in [3.63, 3.8) is 0 Å². The second-order valence-corrected chi connectivity index (χ2v) is 4.17. The molecule has 0 bridgehead atoms. The quantitative estimate of drug-likeness (QED) is 0.583. The summed E-state index contributed by atoms with van der Waals surface area (Å²) in [4.78, 5) is 22.3. The second-order valence-electron chi connectivity index (χ2n) is 3.76. The first-order valence-corrected chi connectivity index (χ1v) is 6.19. The summed E-state index contributed by atoms with van der Waals surface area (Å²) < 4.78 is 10.1. The van der Waals surface area contributed by atoms with E-state index in [0.29, 0.717) is 30.0 Å². The third-order valence-electron chi connectivity index (χ3n) is 2.32. The summed E-state index contributed by atoms with van der Waals surface area (Å²) in [7, 11) is 1.60. The lowest BCUT2D eigenvalue weighted by Crippen LogP contribution is -2.30. The number of methoxy groups -OCH3 is 1. The molecule has 1 rings (SSSR count). The van der Waals surface area contributed by atoms with Crippen LogP contribution in [0.5, 0.6) is 5.75 Å². The molecule has 5 nitrogen and oxygen atoms in total. The zero-order valence-electron chi connectivity index (χ0n) is 10.6. The van der Waals surface area contributed by atoms with Gasteiger partial charge in [-0.1, -0.05) is 17.7 Å². The van der Waals surface area contributed by atoms with Crippen molar-refractivity contribution in [2.75, 3.05) is 26.9 Å². The Balaban J connectivity index is 2.44. The van der Waals surface area contributed by atoms with Gasteiger partial charge in [0, 0.05) is 20.3 Å². The number of hydrogen-bond acceptors (Lipinski definition) is 4. The molecule has 0 unspecified atom stereocenters. The van der Waals surface area contributed by atoms with Crippen LogP contribution in [0.25, 0.3) is 0 Å². The Labute approximate surface area is 116 Å². The van der Waals surface area contributed by atoms with Gasteiger partial charge in [-0.25, -0.2) is 0 Å². The van der Waals surface area contributed by atoms with Gasteiger partial charge in [0.15, 0.2) is 12.9 Å². The van der Waals surface area contributed by atoms with Crippen molar-refractivity contribution >= 4 is 23.8 Å². The van der Waals surface area contributed by atoms with E-state index in [-0.39, 0.29) is 18.3 Å². The van der Waals surface area contributed by atoms with Crippen LogP contribution >= 0.6 is 11.6 Å². The van der Waals surface area contributed by atoms with E-state index in [2.05, 4.69) is 5.32 Å². The molecule has 0 saturated carbocycles. The lowest BCUT2D eigenvalue weighted by molar-refractivity contribution is -0.123. The Morgan fingerprint density at radius 1 is 1.47 bits per heavy atom. The molecule has 0 aliphatic heterocycles. The van der Waals surface area contributed by atoms with Gasteiger partial charge in [-0.3, -0.25) is 9.59 Å². The molecule has 0 fully saturated rings. The van der Waals surface area contributed by atoms with Crippen molar-refractivity contribution in [2.24, 2.45) is 0 Å². The van der Waals surface area contributed by atoms with E-state index in [1.807, 2.05) is 0 Å². The summed E-state index contributed by atoms with van der Waals surface area (Å²) in [5.41, 5.74) is 0.319. The zero-order valence-corrected chi connectivity index (χ0v) is 11.4. The molecule has 104 valence electrons. The highest BCUT2D eigenvalue weighted by Gasteiger charge is 2.09. The molecule has 0 aliphatic rings. The molecule has 0 aromatic heterocycles. The van der Waals surface area contributed by atoms with Crippen LogP contribution in [-0.4, -0.2) is 39.1 Å². The Morgan fingerprint density at radius 2 is 2.26 bits per heavy atom. The minimum absolute atomic E-state index is 0.183. The lowest BCUT2D eigenvalue weighted by Gasteiger charge is -2.10. The molecule has 0 spiro atoms. The number of carbonyl (C=O) groups excluding carboxylic acids is 2. The molecule has 0 radical (unpaired) electrons. The topological polar surface area (TPSA) is 64.6 Å². The van der Waals surface area contributed by atoms with Gasteiger partial charge in [-0.15, -0.1) is 0 Å². The second kappa shape index (κ2) is 8.50. The maximum Gasteiger partial charge on any atom is 0.257 e. The average Bonchev–Trinajstić information content (AvgIpc) is 2.42. The first-order valence-electron chi connectivity index (χ1n) is 5.81. The van der Waals surface area contributed by atoms with Crippen LogP contribution in [-0.2, 0) is 9.53 Å². The predicted molar refractivity (Wildman–Crippen MR) is 71.8 cm³/mol. The predicted octanol–water partition coefficient (Wildman–Crippen LogP) is 1.68. The van der Waals surface area contributed by atoms with Gasteiger partial charge in [0.05, 0.1) is 10.6 Å². The number of ether oxygens (including phenoxy) is 2. The SMILES string of the molecule is COCCCNC(=O)COc1c(Cl)cccc1C=O. The lowest BCUT2D eigenvalue weighted by atomic mass is 10.2. The Morgan fingerprint density at radius 3 is 2.95 bits per heavy atom. The van der Waals surface area contributed by atoms with E-state index >= 15 is 0 Å². The summed E-state index contributed by atoms with van der Waals surface area (Å²) in [6, 6.07) is 4.81. The van der Waals surface area contributed by atoms with Crippen molar-refractivity contribution in [1.82, 2.24) is 5.32 Å². The van der Waals surface area contributed by atoms with Gasteiger partial charge in [0.1, 0.15) is 5.75 Å². The van der Waals surface area contributed by atoms with E-state index in [9.17, 15) is 9.59 Å². The molecule has 0 aliphatic carbocycles. The Hall–Kier alpha value is -1.59. The summed E-state index contributed by atoms with van der Waals surface area (Å²) >= 11 is 5.91. The first-order chi connectivity index (χ1) is 9.19. The number of para-hydroxylation sites is 1. The number of nitrogens with one attached hydrogen (secondary N) is 1. The number of rotatable bonds is 8. The number of hydrogen-bond donors (Lipinski definition) is 1. The van der Waals surface area contributed by atoms with Gasteiger partial charge in [0.2, 0.25) is 0 Å². The van der Waals surface area contributed by atoms with Gasteiger partial charge in [-0.05, 0) is 18.6 Å². The van der Waals surface area contributed by atoms with Crippen molar-refractivity contribution in [1.29, 1.82) is 0 Å². The Bertz CT molecular complexity index is 437. The highest BCUT2D eigenvalue weighted by atomic mass is 35.5. The van der Waals surface area contributed by atoms with Crippen LogP contribution in [0.3, 0.4) is 0 Å². The molecule has 0 saturated heterocycles. The van der Waals surface area contributed by atoms with Crippen molar-refractivity contribution in [3.8, 4) is 5.75 Å². The highest BCUT2D eigenvalue weighted by molar-refractivity contribution is 6.32. The highest BCUT2D eigenvalue weighted by Crippen LogP contribution is 2.27. The third kappa shape index (κ3) is 5.28. The normalized spacial score (nSPS) is 10.0. The largest absolute Gasteiger partial charge is 0.481 e. The third-order valence-corrected chi connectivity index (χ3v) is 2.62. The van der Waals surface area contributed by atoms with Gasteiger partial charge in [0.25, 0.3) is 5.91 Å². The van der Waals surface area contributed by atoms with Crippen molar-refractivity contribution in [3.05, 3.63) is 28.8 Å². The van der Waals surface area contributed by atoms with Crippen molar-refractivity contribution in [2.45, 2.75) is 6.42 Å². The maximum absolute atomic E-state index is 11.5. The standard InChI is InChI=1S/C13H16ClNO4/c1-18-7-3-6-15-12(17)9-19-13-10(8-16)4-2-5-11(13)14/h2,4-5,8H,3,6-7,9H2,1H3,(H,15,17). The molecule has 1 amide bonds. The smallest absolute Gasteiger partial charge is 0.257 e. The number of amides is 1. The number of carbonyl (C=O) groups is 2. The molecule has 1 N–H and O–H groups in total. The molecule has 1 aromatic carbocycles. The summed E-state index contributed by atoms with van der Waals surface area (Å²) in [5.74, 6) is -0.0425. The van der Waals surface area contributed by atoms with Crippen LogP contribution in [0.15, 0.2) is 18.2 Å². The molecule has 6 heteroatoms. The average molecular weight is 286 g/mol. The maximum atomic E-state index is 11.5. The van der Waals surface area contributed by atoms with Gasteiger partial charge >= 0.3 is 0 Å². The fourth-order valence-corrected chi connectivity index (χ4v) is 1.64.